The Morgan fingerprint density at radius 1 is 1.26 bits per heavy atom. The predicted octanol–water partition coefficient (Wildman–Crippen LogP) is 2.89. The standard InChI is InChI=1S/C21H26O6/c1-20(2)26-18-17(15-9-6-10-16(22)11-15)24-12-21(18,27-20)13-25-19(23)14-7-4-3-5-8-14/h3-5,7-8,15,17-18H,6,9-13H2,1-2H3/t15?,17-,18-,21-/m0/s1. The molecule has 0 radical (unpaired) electrons. The van der Waals surface area contributed by atoms with Gasteiger partial charge in [-0.1, -0.05) is 18.2 Å². The van der Waals surface area contributed by atoms with Gasteiger partial charge in [-0.05, 0) is 44.7 Å². The van der Waals surface area contributed by atoms with Gasteiger partial charge in [0.15, 0.2) is 11.4 Å². The summed E-state index contributed by atoms with van der Waals surface area (Å²) in [5.41, 5.74) is -0.337. The van der Waals surface area contributed by atoms with E-state index in [4.69, 9.17) is 18.9 Å². The number of hydrogen-bond acceptors (Lipinski definition) is 6. The molecule has 1 aromatic rings. The average molecular weight is 374 g/mol. The van der Waals surface area contributed by atoms with Crippen LogP contribution in [0.2, 0.25) is 0 Å². The second-order valence-corrected chi connectivity index (χ2v) is 8.22. The molecule has 1 unspecified atom stereocenters. The van der Waals surface area contributed by atoms with E-state index in [1.54, 1.807) is 24.3 Å². The van der Waals surface area contributed by atoms with Gasteiger partial charge in [0, 0.05) is 12.8 Å². The number of fused-ring (bicyclic) bond motifs is 1. The Bertz CT molecular complexity index is 715. The minimum Gasteiger partial charge on any atom is -0.459 e. The molecule has 0 bridgehead atoms. The van der Waals surface area contributed by atoms with Crippen molar-refractivity contribution in [2.24, 2.45) is 5.92 Å². The normalized spacial score (nSPS) is 35.0. The van der Waals surface area contributed by atoms with Crippen LogP contribution in [-0.4, -0.2) is 48.6 Å². The molecule has 1 aliphatic carbocycles. The predicted molar refractivity (Wildman–Crippen MR) is 96.2 cm³/mol. The zero-order valence-corrected chi connectivity index (χ0v) is 15.8. The fraction of sp³-hybridized carbons (Fsp3) is 0.619. The lowest BCUT2D eigenvalue weighted by Gasteiger charge is -2.30. The van der Waals surface area contributed by atoms with Crippen molar-refractivity contribution in [3.8, 4) is 0 Å². The van der Waals surface area contributed by atoms with Gasteiger partial charge in [0.1, 0.15) is 18.5 Å². The van der Waals surface area contributed by atoms with E-state index in [-0.39, 0.29) is 30.5 Å². The smallest absolute Gasteiger partial charge is 0.338 e. The molecule has 6 nitrogen and oxygen atoms in total. The van der Waals surface area contributed by atoms with Crippen LogP contribution in [0.5, 0.6) is 0 Å². The maximum absolute atomic E-state index is 12.4. The van der Waals surface area contributed by atoms with Crippen molar-refractivity contribution >= 4 is 11.8 Å². The molecular formula is C21H26O6. The first-order valence-corrected chi connectivity index (χ1v) is 9.62. The van der Waals surface area contributed by atoms with Crippen molar-refractivity contribution < 1.29 is 28.5 Å². The molecule has 2 heterocycles. The summed E-state index contributed by atoms with van der Waals surface area (Å²) in [5, 5.41) is 0. The van der Waals surface area contributed by atoms with Gasteiger partial charge in [0.25, 0.3) is 0 Å². The molecule has 0 amide bonds. The third-order valence-electron chi connectivity index (χ3n) is 5.64. The van der Waals surface area contributed by atoms with Crippen LogP contribution in [0, 0.1) is 5.92 Å². The molecule has 4 rings (SSSR count). The highest BCUT2D eigenvalue weighted by molar-refractivity contribution is 5.89. The third-order valence-corrected chi connectivity index (χ3v) is 5.64. The summed E-state index contributed by atoms with van der Waals surface area (Å²) in [6.07, 6.45) is 2.42. The summed E-state index contributed by atoms with van der Waals surface area (Å²) in [6, 6.07) is 8.88. The van der Waals surface area contributed by atoms with Gasteiger partial charge in [-0.15, -0.1) is 0 Å². The summed E-state index contributed by atoms with van der Waals surface area (Å²) < 4.78 is 24.0. The van der Waals surface area contributed by atoms with Gasteiger partial charge < -0.3 is 18.9 Å². The van der Waals surface area contributed by atoms with E-state index in [1.807, 2.05) is 19.9 Å². The monoisotopic (exact) mass is 374 g/mol. The summed E-state index contributed by atoms with van der Waals surface area (Å²) in [6.45, 7) is 4.06. The van der Waals surface area contributed by atoms with Gasteiger partial charge in [-0.3, -0.25) is 4.79 Å². The van der Waals surface area contributed by atoms with Crippen molar-refractivity contribution in [1.29, 1.82) is 0 Å². The van der Waals surface area contributed by atoms with Crippen LogP contribution in [0.25, 0.3) is 0 Å². The van der Waals surface area contributed by atoms with E-state index in [1.165, 1.54) is 0 Å². The first kappa shape index (κ1) is 18.6. The van der Waals surface area contributed by atoms with E-state index in [2.05, 4.69) is 0 Å². The lowest BCUT2D eigenvalue weighted by molar-refractivity contribution is -0.198. The second-order valence-electron chi connectivity index (χ2n) is 8.22. The maximum Gasteiger partial charge on any atom is 0.338 e. The number of ether oxygens (including phenoxy) is 4. The molecule has 3 aliphatic rings. The lowest BCUT2D eigenvalue weighted by atomic mass is 9.80. The van der Waals surface area contributed by atoms with E-state index >= 15 is 0 Å². The van der Waals surface area contributed by atoms with Crippen molar-refractivity contribution in [2.75, 3.05) is 13.2 Å². The lowest BCUT2D eigenvalue weighted by Crippen LogP contribution is -2.48. The van der Waals surface area contributed by atoms with Crippen LogP contribution >= 0.6 is 0 Å². The Labute approximate surface area is 159 Å². The number of carbonyl (C=O) groups is 2. The Kier molecular flexibility index (Phi) is 4.82. The zero-order chi connectivity index (χ0) is 19.1. The van der Waals surface area contributed by atoms with Crippen LogP contribution in [0.4, 0.5) is 0 Å². The zero-order valence-electron chi connectivity index (χ0n) is 15.8. The number of hydrogen-bond donors (Lipinski definition) is 0. The van der Waals surface area contributed by atoms with Crippen LogP contribution in [0.1, 0.15) is 49.9 Å². The number of Topliss-reactive ketones (excluding diaryl/α,β-unsaturated/α-hetero) is 1. The summed E-state index contributed by atoms with van der Waals surface area (Å²) >= 11 is 0. The molecule has 0 spiro atoms. The Morgan fingerprint density at radius 3 is 2.78 bits per heavy atom. The van der Waals surface area contributed by atoms with Crippen LogP contribution < -0.4 is 0 Å². The molecule has 1 saturated carbocycles. The minimum absolute atomic E-state index is 0.0615. The van der Waals surface area contributed by atoms with Crippen LogP contribution in [0.15, 0.2) is 30.3 Å². The molecule has 0 N–H and O–H groups in total. The molecule has 2 aliphatic heterocycles. The molecule has 6 heteroatoms. The first-order chi connectivity index (χ1) is 12.9. The Hall–Kier alpha value is -1.76. The topological polar surface area (TPSA) is 71.1 Å². The number of carbonyl (C=O) groups excluding carboxylic acids is 2. The van der Waals surface area contributed by atoms with Gasteiger partial charge >= 0.3 is 5.97 Å². The third kappa shape index (κ3) is 3.66. The highest BCUT2D eigenvalue weighted by Crippen LogP contribution is 2.47. The highest BCUT2D eigenvalue weighted by atomic mass is 16.8. The number of esters is 1. The van der Waals surface area contributed by atoms with Gasteiger partial charge in [-0.25, -0.2) is 4.79 Å². The fourth-order valence-electron chi connectivity index (χ4n) is 4.51. The van der Waals surface area contributed by atoms with Gasteiger partial charge in [-0.2, -0.15) is 0 Å². The number of rotatable bonds is 4. The molecule has 2 saturated heterocycles. The average Bonchev–Trinajstić information content (AvgIpc) is 3.10. The largest absolute Gasteiger partial charge is 0.459 e. The Morgan fingerprint density at radius 2 is 2.04 bits per heavy atom. The summed E-state index contributed by atoms with van der Waals surface area (Å²) in [5.74, 6) is -0.778. The molecule has 27 heavy (non-hydrogen) atoms. The summed E-state index contributed by atoms with van der Waals surface area (Å²) in [4.78, 5) is 24.3. The molecular weight excluding hydrogens is 348 g/mol. The van der Waals surface area contributed by atoms with E-state index in [0.29, 0.717) is 25.0 Å². The summed E-state index contributed by atoms with van der Waals surface area (Å²) in [7, 11) is 0. The molecule has 0 aromatic heterocycles. The van der Waals surface area contributed by atoms with Crippen LogP contribution in [0.3, 0.4) is 0 Å². The van der Waals surface area contributed by atoms with Crippen molar-refractivity contribution in [1.82, 2.24) is 0 Å². The molecule has 1 aromatic carbocycles. The SMILES string of the molecule is CC1(C)O[C@H]2[C@H](C3CCCC(=O)C3)OC[C@@]2(COC(=O)c2ccccc2)O1. The Balaban J connectivity index is 1.49. The first-order valence-electron chi connectivity index (χ1n) is 9.62. The molecule has 4 atom stereocenters. The van der Waals surface area contributed by atoms with E-state index < -0.39 is 17.4 Å². The van der Waals surface area contributed by atoms with Crippen LogP contribution in [-0.2, 0) is 23.7 Å². The van der Waals surface area contributed by atoms with E-state index in [9.17, 15) is 9.59 Å². The highest BCUT2D eigenvalue weighted by Gasteiger charge is 2.63. The molecule has 146 valence electrons. The quantitative estimate of drug-likeness (QED) is 0.755. The minimum atomic E-state index is -0.834. The second kappa shape index (κ2) is 7.00. The van der Waals surface area contributed by atoms with Crippen molar-refractivity contribution in [3.05, 3.63) is 35.9 Å². The van der Waals surface area contributed by atoms with Crippen molar-refractivity contribution in [2.45, 2.75) is 63.1 Å². The van der Waals surface area contributed by atoms with Gasteiger partial charge in [0.2, 0.25) is 0 Å². The van der Waals surface area contributed by atoms with E-state index in [0.717, 1.165) is 12.8 Å². The van der Waals surface area contributed by atoms with Gasteiger partial charge in [0.05, 0.1) is 18.3 Å². The number of benzene rings is 1. The number of ketones is 1. The maximum atomic E-state index is 12.4. The fourth-order valence-corrected chi connectivity index (χ4v) is 4.51. The molecule has 3 fully saturated rings. The van der Waals surface area contributed by atoms with Crippen molar-refractivity contribution in [3.63, 3.8) is 0 Å².